The van der Waals surface area contributed by atoms with E-state index in [-0.39, 0.29) is 6.10 Å². The van der Waals surface area contributed by atoms with Crippen molar-refractivity contribution < 1.29 is 4.74 Å². The molecule has 0 bridgehead atoms. The van der Waals surface area contributed by atoms with E-state index in [9.17, 15) is 0 Å². The number of nitrogens with zero attached hydrogens (tertiary/aromatic N) is 5. The first-order valence-corrected chi connectivity index (χ1v) is 6.85. The van der Waals surface area contributed by atoms with Crippen molar-refractivity contribution in [1.82, 2.24) is 19.9 Å². The van der Waals surface area contributed by atoms with Crippen LogP contribution in [0.5, 0.6) is 6.01 Å². The zero-order valence-electron chi connectivity index (χ0n) is 10.8. The summed E-state index contributed by atoms with van der Waals surface area (Å²) < 4.78 is 5.75. The maximum absolute atomic E-state index is 5.75. The van der Waals surface area contributed by atoms with Gasteiger partial charge < -0.3 is 9.64 Å². The molecule has 0 atom stereocenters. The molecule has 104 valence electrons. The van der Waals surface area contributed by atoms with Crippen LogP contribution >= 0.6 is 11.6 Å². The van der Waals surface area contributed by atoms with Crippen LogP contribution < -0.4 is 9.64 Å². The van der Waals surface area contributed by atoms with Crippen molar-refractivity contribution >= 4 is 17.5 Å². The molecule has 0 saturated carbocycles. The Morgan fingerprint density at radius 1 is 1.05 bits per heavy atom. The minimum Gasteiger partial charge on any atom is -0.460 e. The Kier molecular flexibility index (Phi) is 3.92. The van der Waals surface area contributed by atoms with Gasteiger partial charge in [0.2, 0.25) is 5.95 Å². The molecule has 6 nitrogen and oxygen atoms in total. The van der Waals surface area contributed by atoms with E-state index in [0.29, 0.717) is 11.0 Å². The second-order valence-electron chi connectivity index (χ2n) is 4.54. The molecule has 0 N–H and O–H groups in total. The van der Waals surface area contributed by atoms with E-state index >= 15 is 0 Å². The summed E-state index contributed by atoms with van der Waals surface area (Å²) in [7, 11) is 0. The monoisotopic (exact) mass is 291 g/mol. The van der Waals surface area contributed by atoms with E-state index < -0.39 is 0 Å². The summed E-state index contributed by atoms with van der Waals surface area (Å²) in [4.78, 5) is 18.8. The summed E-state index contributed by atoms with van der Waals surface area (Å²) in [5.74, 6) is 0.772. The number of hydrogen-bond donors (Lipinski definition) is 0. The van der Waals surface area contributed by atoms with E-state index in [1.807, 2.05) is 6.07 Å². The molecular weight excluding hydrogens is 278 g/mol. The maximum atomic E-state index is 5.75. The molecule has 0 aliphatic carbocycles. The van der Waals surface area contributed by atoms with Crippen molar-refractivity contribution in [3.8, 4) is 6.01 Å². The Morgan fingerprint density at radius 2 is 1.70 bits per heavy atom. The van der Waals surface area contributed by atoms with Crippen LogP contribution in [0.3, 0.4) is 0 Å². The fourth-order valence-corrected chi connectivity index (χ4v) is 2.24. The summed E-state index contributed by atoms with van der Waals surface area (Å²) in [5.41, 5.74) is 0. The average molecular weight is 292 g/mol. The summed E-state index contributed by atoms with van der Waals surface area (Å²) in [5, 5.41) is 0.508. The third-order valence-corrected chi connectivity index (χ3v) is 3.34. The van der Waals surface area contributed by atoms with Gasteiger partial charge in [0.15, 0.2) is 0 Å². The van der Waals surface area contributed by atoms with E-state index in [1.165, 1.54) is 12.4 Å². The molecule has 0 spiro atoms. The first-order chi connectivity index (χ1) is 9.81. The normalized spacial score (nSPS) is 16.1. The molecule has 7 heteroatoms. The fourth-order valence-electron chi connectivity index (χ4n) is 2.14. The molecule has 0 radical (unpaired) electrons. The number of aromatic nitrogens is 4. The van der Waals surface area contributed by atoms with Gasteiger partial charge in [0.05, 0.1) is 17.4 Å². The van der Waals surface area contributed by atoms with Gasteiger partial charge >= 0.3 is 6.01 Å². The average Bonchev–Trinajstić information content (AvgIpc) is 2.51. The Bertz CT molecular complexity index is 542. The number of halogens is 1. The fraction of sp³-hybridized carbons (Fsp3) is 0.385. The molecule has 20 heavy (non-hydrogen) atoms. The van der Waals surface area contributed by atoms with Crippen molar-refractivity contribution in [2.75, 3.05) is 18.0 Å². The predicted octanol–water partition coefficient (Wildman–Crippen LogP) is 1.97. The molecule has 3 rings (SSSR count). The molecule has 3 heterocycles. The lowest BCUT2D eigenvalue weighted by atomic mass is 10.1. The van der Waals surface area contributed by atoms with Crippen LogP contribution in [0, 0.1) is 0 Å². The van der Waals surface area contributed by atoms with Gasteiger partial charge in [-0.1, -0.05) is 11.6 Å². The predicted molar refractivity (Wildman–Crippen MR) is 74.9 cm³/mol. The number of piperidine rings is 1. The van der Waals surface area contributed by atoms with Crippen LogP contribution in [0.2, 0.25) is 5.02 Å². The molecule has 1 fully saturated rings. The van der Waals surface area contributed by atoms with Gasteiger partial charge in [-0.2, -0.15) is 0 Å². The van der Waals surface area contributed by atoms with Crippen LogP contribution in [-0.4, -0.2) is 39.1 Å². The van der Waals surface area contributed by atoms with Gasteiger partial charge in [0, 0.05) is 38.3 Å². The van der Waals surface area contributed by atoms with E-state index in [0.717, 1.165) is 31.9 Å². The molecule has 2 aromatic rings. The van der Waals surface area contributed by atoms with E-state index in [2.05, 4.69) is 24.8 Å². The summed E-state index contributed by atoms with van der Waals surface area (Å²) in [6, 6.07) is 2.20. The highest BCUT2D eigenvalue weighted by Crippen LogP contribution is 2.19. The number of anilines is 1. The lowest BCUT2D eigenvalue weighted by Crippen LogP contribution is -2.39. The zero-order valence-corrected chi connectivity index (χ0v) is 11.6. The van der Waals surface area contributed by atoms with Crippen LogP contribution in [0.4, 0.5) is 5.95 Å². The molecule has 0 amide bonds. The van der Waals surface area contributed by atoms with Crippen LogP contribution in [0.15, 0.2) is 30.9 Å². The lowest BCUT2D eigenvalue weighted by Gasteiger charge is -2.31. The van der Waals surface area contributed by atoms with Gasteiger partial charge in [-0.15, -0.1) is 0 Å². The highest BCUT2D eigenvalue weighted by Gasteiger charge is 2.22. The van der Waals surface area contributed by atoms with Gasteiger partial charge in [-0.25, -0.2) is 19.9 Å². The molecule has 0 aromatic carbocycles. The minimum absolute atomic E-state index is 0.121. The zero-order chi connectivity index (χ0) is 13.8. The summed E-state index contributed by atoms with van der Waals surface area (Å²) in [6.07, 6.45) is 8.50. The third-order valence-electron chi connectivity index (χ3n) is 3.15. The highest BCUT2D eigenvalue weighted by molar-refractivity contribution is 6.30. The number of rotatable bonds is 3. The van der Waals surface area contributed by atoms with Crippen LogP contribution in [0.25, 0.3) is 0 Å². The quantitative estimate of drug-likeness (QED) is 0.861. The SMILES string of the molecule is Clc1cnc(OC2CCN(c3ncccn3)CC2)nc1. The van der Waals surface area contributed by atoms with Gasteiger partial charge in [-0.05, 0) is 6.07 Å². The third kappa shape index (κ3) is 3.14. The first-order valence-electron chi connectivity index (χ1n) is 6.47. The molecule has 2 aromatic heterocycles. The van der Waals surface area contributed by atoms with Crippen LogP contribution in [0.1, 0.15) is 12.8 Å². The van der Waals surface area contributed by atoms with Crippen LogP contribution in [-0.2, 0) is 0 Å². The van der Waals surface area contributed by atoms with Crippen molar-refractivity contribution in [3.05, 3.63) is 35.9 Å². The van der Waals surface area contributed by atoms with E-state index in [1.54, 1.807) is 12.4 Å². The van der Waals surface area contributed by atoms with Gasteiger partial charge in [-0.3, -0.25) is 0 Å². The second-order valence-corrected chi connectivity index (χ2v) is 4.97. The number of hydrogen-bond acceptors (Lipinski definition) is 6. The molecule has 1 aliphatic heterocycles. The van der Waals surface area contributed by atoms with Crippen molar-refractivity contribution in [3.63, 3.8) is 0 Å². The molecule has 1 aliphatic rings. The van der Waals surface area contributed by atoms with E-state index in [4.69, 9.17) is 16.3 Å². The Labute approximate surface area is 121 Å². The molecule has 0 unspecified atom stereocenters. The maximum Gasteiger partial charge on any atom is 0.316 e. The van der Waals surface area contributed by atoms with Crippen molar-refractivity contribution in [2.24, 2.45) is 0 Å². The first kappa shape index (κ1) is 13.1. The Balaban J connectivity index is 1.55. The second kappa shape index (κ2) is 6.00. The largest absolute Gasteiger partial charge is 0.460 e. The lowest BCUT2D eigenvalue weighted by molar-refractivity contribution is 0.156. The number of ether oxygens (including phenoxy) is 1. The van der Waals surface area contributed by atoms with Crippen molar-refractivity contribution in [1.29, 1.82) is 0 Å². The highest BCUT2D eigenvalue weighted by atomic mass is 35.5. The van der Waals surface area contributed by atoms with Gasteiger partial charge in [0.1, 0.15) is 6.10 Å². The summed E-state index contributed by atoms with van der Waals surface area (Å²) >= 11 is 5.74. The molecule has 1 saturated heterocycles. The smallest absolute Gasteiger partial charge is 0.316 e. The Hall–Kier alpha value is -1.95. The minimum atomic E-state index is 0.121. The topological polar surface area (TPSA) is 64.0 Å². The summed E-state index contributed by atoms with van der Waals surface area (Å²) in [6.45, 7) is 1.73. The van der Waals surface area contributed by atoms with Gasteiger partial charge in [0.25, 0.3) is 0 Å². The standard InChI is InChI=1S/C13H14ClN5O/c14-10-8-17-13(18-9-10)20-11-2-6-19(7-3-11)12-15-4-1-5-16-12/h1,4-5,8-9,11H,2-3,6-7H2. The Morgan fingerprint density at radius 3 is 2.35 bits per heavy atom. The molecular formula is C13H14ClN5O. The van der Waals surface area contributed by atoms with Crippen molar-refractivity contribution in [2.45, 2.75) is 18.9 Å².